The lowest BCUT2D eigenvalue weighted by Gasteiger charge is -2.21. The van der Waals surface area contributed by atoms with Gasteiger partial charge >= 0.3 is 6.18 Å². The van der Waals surface area contributed by atoms with Crippen LogP contribution >= 0.6 is 0 Å². The Kier molecular flexibility index (Phi) is 4.96. The highest BCUT2D eigenvalue weighted by Gasteiger charge is 2.32. The van der Waals surface area contributed by atoms with Crippen molar-refractivity contribution in [3.63, 3.8) is 0 Å². The van der Waals surface area contributed by atoms with E-state index in [0.29, 0.717) is 0 Å². The molecule has 1 aromatic rings. The Bertz CT molecular complexity index is 489. The maximum absolute atomic E-state index is 12.7. The number of aliphatic hydroxyl groups is 1. The molecular weight excluding hydrogens is 275 g/mol. The first-order chi connectivity index (χ1) is 9.16. The first-order valence-electron chi connectivity index (χ1n) is 5.78. The lowest BCUT2D eigenvalue weighted by atomic mass is 10.1. The van der Waals surface area contributed by atoms with Crippen LogP contribution in [-0.4, -0.2) is 35.6 Å². The van der Waals surface area contributed by atoms with E-state index in [4.69, 9.17) is 5.84 Å². The van der Waals surface area contributed by atoms with Gasteiger partial charge in [0.1, 0.15) is 0 Å². The summed E-state index contributed by atoms with van der Waals surface area (Å²) in [7, 11) is 1.38. The Morgan fingerprint density at radius 3 is 2.55 bits per heavy atom. The molecule has 0 radical (unpaired) electrons. The monoisotopic (exact) mass is 291 g/mol. The lowest BCUT2D eigenvalue weighted by Crippen LogP contribution is -2.34. The molecule has 0 saturated heterocycles. The molecule has 0 aliphatic heterocycles. The number of nitrogens with two attached hydrogens (primary N) is 1. The smallest absolute Gasteiger partial charge is 0.392 e. The molecule has 0 heterocycles. The highest BCUT2D eigenvalue weighted by atomic mass is 19.4. The molecule has 0 aromatic heterocycles. The maximum atomic E-state index is 12.7. The minimum absolute atomic E-state index is 0.000903. The Morgan fingerprint density at radius 2 is 2.10 bits per heavy atom. The molecule has 0 bridgehead atoms. The predicted molar refractivity (Wildman–Crippen MR) is 67.9 cm³/mol. The summed E-state index contributed by atoms with van der Waals surface area (Å²) in [5.74, 6) is 4.54. The molecule has 1 unspecified atom stereocenters. The van der Waals surface area contributed by atoms with Gasteiger partial charge in [0.05, 0.1) is 22.9 Å². The van der Waals surface area contributed by atoms with Crippen LogP contribution in [0.5, 0.6) is 0 Å². The third-order valence-corrected chi connectivity index (χ3v) is 2.62. The average Bonchev–Trinajstić information content (AvgIpc) is 2.35. The highest BCUT2D eigenvalue weighted by Crippen LogP contribution is 2.32. The number of nitrogen functional groups attached to an aromatic ring is 1. The second-order valence-corrected chi connectivity index (χ2v) is 4.44. The van der Waals surface area contributed by atoms with Crippen molar-refractivity contribution < 1.29 is 23.1 Å². The van der Waals surface area contributed by atoms with E-state index in [-0.39, 0.29) is 17.8 Å². The summed E-state index contributed by atoms with van der Waals surface area (Å²) in [5, 5.41) is 9.21. The molecule has 0 saturated carbocycles. The molecule has 112 valence electrons. The highest BCUT2D eigenvalue weighted by molar-refractivity contribution is 5.99. The Balaban J connectivity index is 3.17. The zero-order valence-corrected chi connectivity index (χ0v) is 11.0. The van der Waals surface area contributed by atoms with E-state index in [0.717, 1.165) is 23.1 Å². The SMILES string of the molecule is CC(O)CN(C)C(=O)c1cc(C(F)(F)F)ccc1NN. The number of nitrogens with zero attached hydrogens (tertiary/aromatic N) is 1. The number of alkyl halides is 3. The first-order valence-corrected chi connectivity index (χ1v) is 5.78. The van der Waals surface area contributed by atoms with Crippen LogP contribution in [0.4, 0.5) is 18.9 Å². The van der Waals surface area contributed by atoms with Crippen molar-refractivity contribution in [2.24, 2.45) is 5.84 Å². The fourth-order valence-corrected chi connectivity index (χ4v) is 1.71. The number of carbonyl (C=O) groups is 1. The largest absolute Gasteiger partial charge is 0.416 e. The summed E-state index contributed by atoms with van der Waals surface area (Å²) in [5.41, 5.74) is 1.13. The number of carbonyl (C=O) groups excluding carboxylic acids is 1. The second kappa shape index (κ2) is 6.10. The standard InChI is InChI=1S/C12H16F3N3O2/c1-7(19)6-18(2)11(20)9-5-8(12(13,14)15)3-4-10(9)17-16/h3-5,7,17,19H,6,16H2,1-2H3. The molecule has 1 aromatic carbocycles. The van der Waals surface area contributed by atoms with Crippen LogP contribution in [0.2, 0.25) is 0 Å². The number of amides is 1. The van der Waals surface area contributed by atoms with Crippen molar-refractivity contribution in [1.82, 2.24) is 4.90 Å². The number of nitrogens with one attached hydrogen (secondary N) is 1. The second-order valence-electron chi connectivity index (χ2n) is 4.44. The van der Waals surface area contributed by atoms with Gasteiger partial charge in [-0.1, -0.05) is 0 Å². The zero-order valence-electron chi connectivity index (χ0n) is 11.0. The topological polar surface area (TPSA) is 78.6 Å². The number of hydrogen-bond donors (Lipinski definition) is 3. The fraction of sp³-hybridized carbons (Fsp3) is 0.417. The number of halogens is 3. The van der Waals surface area contributed by atoms with Gasteiger partial charge in [-0.2, -0.15) is 13.2 Å². The average molecular weight is 291 g/mol. The third kappa shape index (κ3) is 3.84. The van der Waals surface area contributed by atoms with E-state index in [1.165, 1.54) is 14.0 Å². The van der Waals surface area contributed by atoms with E-state index in [9.17, 15) is 23.1 Å². The van der Waals surface area contributed by atoms with E-state index < -0.39 is 23.8 Å². The van der Waals surface area contributed by atoms with Crippen LogP contribution in [0.1, 0.15) is 22.8 Å². The van der Waals surface area contributed by atoms with Crippen molar-refractivity contribution in [2.75, 3.05) is 19.0 Å². The van der Waals surface area contributed by atoms with E-state index in [2.05, 4.69) is 5.43 Å². The molecule has 8 heteroatoms. The van der Waals surface area contributed by atoms with Gasteiger partial charge in [0.25, 0.3) is 5.91 Å². The number of likely N-dealkylation sites (N-methyl/N-ethyl adjacent to an activating group) is 1. The summed E-state index contributed by atoms with van der Waals surface area (Å²) in [4.78, 5) is 13.2. The van der Waals surface area contributed by atoms with Crippen LogP contribution in [0, 0.1) is 0 Å². The van der Waals surface area contributed by atoms with Crippen molar-refractivity contribution in [3.05, 3.63) is 29.3 Å². The van der Waals surface area contributed by atoms with Gasteiger partial charge in [-0.25, -0.2) is 0 Å². The number of rotatable bonds is 4. The summed E-state index contributed by atoms with van der Waals surface area (Å²) >= 11 is 0. The lowest BCUT2D eigenvalue weighted by molar-refractivity contribution is -0.137. The van der Waals surface area contributed by atoms with Crippen LogP contribution in [0.25, 0.3) is 0 Å². The molecule has 0 aliphatic carbocycles. The predicted octanol–water partition coefficient (Wildman–Crippen LogP) is 1.44. The van der Waals surface area contributed by atoms with Crippen molar-refractivity contribution in [3.8, 4) is 0 Å². The maximum Gasteiger partial charge on any atom is 0.416 e. The van der Waals surface area contributed by atoms with Gasteiger partial charge in [0.2, 0.25) is 0 Å². The molecule has 4 N–H and O–H groups in total. The molecule has 0 aliphatic rings. The molecule has 0 spiro atoms. The van der Waals surface area contributed by atoms with Crippen molar-refractivity contribution in [1.29, 1.82) is 0 Å². The summed E-state index contributed by atoms with van der Waals surface area (Å²) in [6, 6.07) is 2.66. The van der Waals surface area contributed by atoms with Gasteiger partial charge in [-0.05, 0) is 25.1 Å². The van der Waals surface area contributed by atoms with Gasteiger partial charge in [0.15, 0.2) is 0 Å². The summed E-state index contributed by atoms with van der Waals surface area (Å²) in [6.45, 7) is 1.47. The molecule has 1 atom stereocenters. The minimum atomic E-state index is -4.55. The van der Waals surface area contributed by atoms with E-state index in [1.807, 2.05) is 0 Å². The summed E-state index contributed by atoms with van der Waals surface area (Å²) < 4.78 is 38.0. The number of aliphatic hydroxyl groups excluding tert-OH is 1. The fourth-order valence-electron chi connectivity index (χ4n) is 1.71. The normalized spacial score (nSPS) is 12.9. The third-order valence-electron chi connectivity index (χ3n) is 2.62. The Labute approximate surface area is 114 Å². The molecule has 20 heavy (non-hydrogen) atoms. The van der Waals surface area contributed by atoms with Gasteiger partial charge in [0, 0.05) is 13.6 Å². The van der Waals surface area contributed by atoms with Crippen LogP contribution in [0.15, 0.2) is 18.2 Å². The summed E-state index contributed by atoms with van der Waals surface area (Å²) in [6.07, 6.45) is -5.34. The van der Waals surface area contributed by atoms with Crippen LogP contribution < -0.4 is 11.3 Å². The van der Waals surface area contributed by atoms with Crippen molar-refractivity contribution >= 4 is 11.6 Å². The molecule has 5 nitrogen and oxygen atoms in total. The van der Waals surface area contributed by atoms with Crippen LogP contribution in [0.3, 0.4) is 0 Å². The molecule has 1 amide bonds. The molecule has 0 fully saturated rings. The number of benzene rings is 1. The van der Waals surface area contributed by atoms with Gasteiger partial charge < -0.3 is 15.4 Å². The zero-order chi connectivity index (χ0) is 15.5. The Morgan fingerprint density at radius 1 is 1.50 bits per heavy atom. The van der Waals surface area contributed by atoms with E-state index >= 15 is 0 Å². The number of hydrazine groups is 1. The van der Waals surface area contributed by atoms with E-state index in [1.54, 1.807) is 0 Å². The molecular formula is C12H16F3N3O2. The number of hydrogen-bond acceptors (Lipinski definition) is 4. The minimum Gasteiger partial charge on any atom is -0.392 e. The number of anilines is 1. The quantitative estimate of drug-likeness (QED) is 0.579. The first kappa shape index (κ1) is 16.3. The van der Waals surface area contributed by atoms with Crippen molar-refractivity contribution in [2.45, 2.75) is 19.2 Å². The van der Waals surface area contributed by atoms with Crippen LogP contribution in [-0.2, 0) is 6.18 Å². The van der Waals surface area contributed by atoms with Gasteiger partial charge in [-0.3, -0.25) is 10.6 Å². The Hall–Kier alpha value is -1.80. The molecule has 1 rings (SSSR count). The van der Waals surface area contributed by atoms with Gasteiger partial charge in [-0.15, -0.1) is 0 Å².